The Kier molecular flexibility index (Phi) is 12.2. The van der Waals surface area contributed by atoms with Crippen LogP contribution in [0.15, 0.2) is 23.3 Å². The molecule has 4 heteroatoms. The van der Waals surface area contributed by atoms with Gasteiger partial charge >= 0.3 is 11.9 Å². The van der Waals surface area contributed by atoms with Crippen molar-refractivity contribution in [2.75, 3.05) is 13.2 Å². The number of esters is 2. The lowest BCUT2D eigenvalue weighted by Gasteiger charge is -2.11. The second kappa shape index (κ2) is 13.1. The molecule has 0 rings (SSSR count). The van der Waals surface area contributed by atoms with Crippen molar-refractivity contribution in [3.8, 4) is 0 Å². The van der Waals surface area contributed by atoms with Crippen LogP contribution in [0.2, 0.25) is 0 Å². The van der Waals surface area contributed by atoms with Crippen LogP contribution in [0.4, 0.5) is 0 Å². The summed E-state index contributed by atoms with van der Waals surface area (Å²) in [5.41, 5.74) is 0.676. The van der Waals surface area contributed by atoms with E-state index in [-0.39, 0.29) is 13.2 Å². The number of allylic oxidation sites excluding steroid dienone is 2. The molecule has 0 amide bonds. The summed E-state index contributed by atoms with van der Waals surface area (Å²) >= 11 is 0. The highest BCUT2D eigenvalue weighted by molar-refractivity contribution is 6.06. The standard InChI is InChI=1S/C18H30O4/c1-5-9-11-13-15(17(19)21-7-3)16(14-12-10-6-2)18(20)22-8-4/h13-14H,5-12H2,1-4H3/b15-13+,16-14+. The van der Waals surface area contributed by atoms with Gasteiger partial charge in [-0.3, -0.25) is 0 Å². The van der Waals surface area contributed by atoms with Gasteiger partial charge in [-0.25, -0.2) is 9.59 Å². The molecule has 0 aromatic heterocycles. The molecule has 0 radical (unpaired) electrons. The molecule has 0 N–H and O–H groups in total. The number of carbonyl (C=O) groups is 2. The van der Waals surface area contributed by atoms with E-state index in [1.54, 1.807) is 26.0 Å². The quantitative estimate of drug-likeness (QED) is 0.246. The third-order valence-corrected chi connectivity index (χ3v) is 3.09. The fourth-order valence-corrected chi connectivity index (χ4v) is 1.93. The van der Waals surface area contributed by atoms with E-state index in [1.165, 1.54) is 0 Å². The summed E-state index contributed by atoms with van der Waals surface area (Å²) < 4.78 is 10.2. The van der Waals surface area contributed by atoms with E-state index < -0.39 is 11.9 Å². The van der Waals surface area contributed by atoms with Crippen molar-refractivity contribution in [3.05, 3.63) is 23.3 Å². The van der Waals surface area contributed by atoms with Crippen molar-refractivity contribution in [2.24, 2.45) is 0 Å². The lowest BCUT2D eigenvalue weighted by Crippen LogP contribution is -2.17. The van der Waals surface area contributed by atoms with E-state index in [1.807, 2.05) is 0 Å². The first kappa shape index (κ1) is 20.4. The summed E-state index contributed by atoms with van der Waals surface area (Å²) in [5.74, 6) is -0.899. The highest BCUT2D eigenvalue weighted by Crippen LogP contribution is 2.18. The van der Waals surface area contributed by atoms with Gasteiger partial charge in [-0.2, -0.15) is 0 Å². The number of ether oxygens (including phenoxy) is 2. The topological polar surface area (TPSA) is 52.6 Å². The Morgan fingerprint density at radius 2 is 1.09 bits per heavy atom. The van der Waals surface area contributed by atoms with Crippen LogP contribution in [0.3, 0.4) is 0 Å². The Labute approximate surface area is 134 Å². The maximum absolute atomic E-state index is 12.2. The second-order valence-electron chi connectivity index (χ2n) is 4.96. The third kappa shape index (κ3) is 8.01. The molecule has 0 aromatic rings. The molecule has 0 aliphatic carbocycles. The zero-order valence-electron chi connectivity index (χ0n) is 14.4. The molecule has 0 aliphatic heterocycles. The van der Waals surface area contributed by atoms with E-state index in [0.717, 1.165) is 38.5 Å². The molecule has 22 heavy (non-hydrogen) atoms. The van der Waals surface area contributed by atoms with Gasteiger partial charge in [-0.1, -0.05) is 51.7 Å². The van der Waals surface area contributed by atoms with Gasteiger partial charge in [0.2, 0.25) is 0 Å². The molecular weight excluding hydrogens is 280 g/mol. The number of rotatable bonds is 11. The molecule has 0 aromatic carbocycles. The van der Waals surface area contributed by atoms with Gasteiger partial charge in [0, 0.05) is 0 Å². The van der Waals surface area contributed by atoms with Gasteiger partial charge < -0.3 is 9.47 Å². The van der Waals surface area contributed by atoms with Crippen molar-refractivity contribution in [1.29, 1.82) is 0 Å². The highest BCUT2D eigenvalue weighted by atomic mass is 16.5. The molecule has 0 aliphatic rings. The van der Waals surface area contributed by atoms with Gasteiger partial charge in [-0.15, -0.1) is 0 Å². The van der Waals surface area contributed by atoms with E-state index in [9.17, 15) is 9.59 Å². The minimum Gasteiger partial charge on any atom is -0.462 e. The van der Waals surface area contributed by atoms with Crippen molar-refractivity contribution in [1.82, 2.24) is 0 Å². The predicted octanol–water partition coefficient (Wildman–Crippen LogP) is 4.35. The van der Waals surface area contributed by atoms with E-state index in [0.29, 0.717) is 11.1 Å². The molecule has 0 atom stereocenters. The van der Waals surface area contributed by atoms with Crippen LogP contribution in [0.5, 0.6) is 0 Å². The van der Waals surface area contributed by atoms with Gasteiger partial charge in [0.15, 0.2) is 0 Å². The number of hydrogen-bond acceptors (Lipinski definition) is 4. The molecule has 0 bridgehead atoms. The normalized spacial score (nSPS) is 12.2. The molecule has 0 unspecified atom stereocenters. The van der Waals surface area contributed by atoms with Crippen molar-refractivity contribution >= 4 is 11.9 Å². The number of carbonyl (C=O) groups excluding carboxylic acids is 2. The van der Waals surface area contributed by atoms with Crippen LogP contribution in [0, 0.1) is 0 Å². The average Bonchev–Trinajstić information content (AvgIpc) is 2.49. The smallest absolute Gasteiger partial charge is 0.338 e. The first-order valence-electron chi connectivity index (χ1n) is 8.37. The van der Waals surface area contributed by atoms with E-state index in [4.69, 9.17) is 9.47 Å². The molecule has 0 spiro atoms. The molecule has 0 saturated heterocycles. The summed E-state index contributed by atoms with van der Waals surface area (Å²) in [6.07, 6.45) is 9.08. The highest BCUT2D eigenvalue weighted by Gasteiger charge is 2.22. The monoisotopic (exact) mass is 310 g/mol. The molecular formula is C18H30O4. The average molecular weight is 310 g/mol. The lowest BCUT2D eigenvalue weighted by atomic mass is 10.0. The minimum atomic E-state index is -0.450. The number of hydrogen-bond donors (Lipinski definition) is 0. The Morgan fingerprint density at radius 3 is 1.36 bits per heavy atom. The van der Waals surface area contributed by atoms with Crippen LogP contribution in [-0.2, 0) is 19.1 Å². The number of unbranched alkanes of at least 4 members (excludes halogenated alkanes) is 4. The summed E-state index contributed by atoms with van der Waals surface area (Å²) in [5, 5.41) is 0. The van der Waals surface area contributed by atoms with Crippen LogP contribution in [0.25, 0.3) is 0 Å². The Balaban J connectivity index is 5.40. The van der Waals surface area contributed by atoms with Crippen LogP contribution in [0.1, 0.15) is 66.2 Å². The molecule has 0 heterocycles. The first-order valence-corrected chi connectivity index (χ1v) is 8.37. The van der Waals surface area contributed by atoms with E-state index in [2.05, 4.69) is 13.8 Å². The summed E-state index contributed by atoms with van der Waals surface area (Å²) in [7, 11) is 0. The van der Waals surface area contributed by atoms with Gasteiger partial charge in [0.1, 0.15) is 0 Å². The Morgan fingerprint density at radius 1 is 0.727 bits per heavy atom. The lowest BCUT2D eigenvalue weighted by molar-refractivity contribution is -0.142. The Bertz CT molecular complexity index is 356. The Hall–Kier alpha value is -1.58. The van der Waals surface area contributed by atoms with Crippen LogP contribution in [-0.4, -0.2) is 25.2 Å². The minimum absolute atomic E-state index is 0.287. The van der Waals surface area contributed by atoms with Gasteiger partial charge in [0.25, 0.3) is 0 Å². The maximum atomic E-state index is 12.2. The van der Waals surface area contributed by atoms with Crippen molar-refractivity contribution in [3.63, 3.8) is 0 Å². The fourth-order valence-electron chi connectivity index (χ4n) is 1.93. The molecule has 0 fully saturated rings. The SMILES string of the molecule is CCCC/C=C(C(=O)OCC)\C(=C/CCCC)C(=O)OCC. The molecule has 126 valence electrons. The van der Waals surface area contributed by atoms with Crippen molar-refractivity contribution in [2.45, 2.75) is 66.2 Å². The van der Waals surface area contributed by atoms with Gasteiger partial charge in [0.05, 0.1) is 24.4 Å². The predicted molar refractivity (Wildman–Crippen MR) is 88.5 cm³/mol. The van der Waals surface area contributed by atoms with Crippen molar-refractivity contribution < 1.29 is 19.1 Å². The van der Waals surface area contributed by atoms with Crippen LogP contribution < -0.4 is 0 Å². The molecule has 4 nitrogen and oxygen atoms in total. The summed E-state index contributed by atoms with van der Waals surface area (Å²) in [6.45, 7) is 8.26. The fraction of sp³-hybridized carbons (Fsp3) is 0.667. The van der Waals surface area contributed by atoms with Crippen LogP contribution >= 0.6 is 0 Å². The van der Waals surface area contributed by atoms with E-state index >= 15 is 0 Å². The third-order valence-electron chi connectivity index (χ3n) is 3.09. The molecule has 0 saturated carbocycles. The van der Waals surface area contributed by atoms with Gasteiger partial charge in [-0.05, 0) is 26.7 Å². The largest absolute Gasteiger partial charge is 0.462 e. The first-order chi connectivity index (χ1) is 10.6. The summed E-state index contributed by atoms with van der Waals surface area (Å²) in [6, 6.07) is 0. The maximum Gasteiger partial charge on any atom is 0.338 e. The summed E-state index contributed by atoms with van der Waals surface area (Å²) in [4.78, 5) is 24.4. The zero-order valence-corrected chi connectivity index (χ0v) is 14.4. The second-order valence-corrected chi connectivity index (χ2v) is 4.96. The zero-order chi connectivity index (χ0) is 16.8.